The van der Waals surface area contributed by atoms with E-state index in [4.69, 9.17) is 4.74 Å². The first-order chi connectivity index (χ1) is 8.72. The van der Waals surface area contributed by atoms with Crippen molar-refractivity contribution in [2.24, 2.45) is 5.92 Å². The summed E-state index contributed by atoms with van der Waals surface area (Å²) in [5, 5.41) is 3.77. The van der Waals surface area contributed by atoms with E-state index >= 15 is 0 Å². The highest BCUT2D eigenvalue weighted by molar-refractivity contribution is 9.10. The molecule has 1 fully saturated rings. The second-order valence-electron chi connectivity index (χ2n) is 5.62. The van der Waals surface area contributed by atoms with E-state index in [1.165, 1.54) is 24.8 Å². The Morgan fingerprint density at radius 3 is 3.00 bits per heavy atom. The molecule has 3 heteroatoms. The summed E-state index contributed by atoms with van der Waals surface area (Å²) in [5.74, 6) is 2.02. The summed E-state index contributed by atoms with van der Waals surface area (Å²) in [7, 11) is 0. The van der Waals surface area contributed by atoms with Crippen LogP contribution in [0, 0.1) is 5.92 Å². The lowest BCUT2D eigenvalue weighted by Gasteiger charge is -2.29. The minimum absolute atomic E-state index is 0.444. The van der Waals surface area contributed by atoms with Crippen LogP contribution in [0.5, 0.6) is 5.75 Å². The van der Waals surface area contributed by atoms with E-state index in [9.17, 15) is 0 Å². The summed E-state index contributed by atoms with van der Waals surface area (Å²) in [6.45, 7) is 3.13. The van der Waals surface area contributed by atoms with Crippen LogP contribution in [0.1, 0.15) is 44.2 Å². The van der Waals surface area contributed by atoms with Crippen molar-refractivity contribution < 1.29 is 4.74 Å². The van der Waals surface area contributed by atoms with Crippen molar-refractivity contribution in [2.75, 3.05) is 6.61 Å². The van der Waals surface area contributed by atoms with Gasteiger partial charge in [0, 0.05) is 28.5 Å². The molecule has 1 heterocycles. The normalized spacial score (nSPS) is 24.2. The third kappa shape index (κ3) is 2.89. The Balaban J connectivity index is 1.71. The van der Waals surface area contributed by atoms with E-state index in [2.05, 4.69) is 46.4 Å². The van der Waals surface area contributed by atoms with Gasteiger partial charge in [-0.15, -0.1) is 0 Å². The number of hydrogen-bond donors (Lipinski definition) is 1. The van der Waals surface area contributed by atoms with Crippen molar-refractivity contribution in [3.05, 3.63) is 28.2 Å². The van der Waals surface area contributed by atoms with Crippen LogP contribution in [0.4, 0.5) is 0 Å². The van der Waals surface area contributed by atoms with E-state index in [0.717, 1.165) is 29.2 Å². The summed E-state index contributed by atoms with van der Waals surface area (Å²) in [4.78, 5) is 0. The van der Waals surface area contributed by atoms with Gasteiger partial charge in [-0.3, -0.25) is 0 Å². The first-order valence-electron chi connectivity index (χ1n) is 6.90. The summed E-state index contributed by atoms with van der Waals surface area (Å²) in [5.41, 5.74) is 1.30. The van der Waals surface area contributed by atoms with Crippen LogP contribution in [-0.4, -0.2) is 12.6 Å². The van der Waals surface area contributed by atoms with Gasteiger partial charge in [0.1, 0.15) is 5.75 Å². The van der Waals surface area contributed by atoms with Crippen molar-refractivity contribution in [3.8, 4) is 5.75 Å². The lowest BCUT2D eigenvalue weighted by molar-refractivity contribution is 0.243. The van der Waals surface area contributed by atoms with Gasteiger partial charge in [0.15, 0.2) is 0 Å². The quantitative estimate of drug-likeness (QED) is 0.906. The van der Waals surface area contributed by atoms with E-state index in [1.54, 1.807) is 0 Å². The Bertz CT molecular complexity index is 431. The molecule has 1 N–H and O–H groups in total. The standard InChI is InChI=1S/C15H20BrNO/c1-10(8-11-2-3-11)17-14-6-7-18-15-5-4-12(16)9-13(14)15/h4-5,9-11,14,17H,2-3,6-8H2,1H3. The summed E-state index contributed by atoms with van der Waals surface area (Å²) < 4.78 is 6.86. The molecule has 1 aromatic rings. The summed E-state index contributed by atoms with van der Waals surface area (Å²) in [6.07, 6.45) is 5.25. The average Bonchev–Trinajstić information content (AvgIpc) is 3.14. The van der Waals surface area contributed by atoms with E-state index in [-0.39, 0.29) is 0 Å². The van der Waals surface area contributed by atoms with Gasteiger partial charge in [-0.1, -0.05) is 28.8 Å². The van der Waals surface area contributed by atoms with Crippen LogP contribution in [0.15, 0.2) is 22.7 Å². The van der Waals surface area contributed by atoms with Gasteiger partial charge in [-0.2, -0.15) is 0 Å². The Hall–Kier alpha value is -0.540. The first kappa shape index (κ1) is 12.5. The van der Waals surface area contributed by atoms with Crippen LogP contribution in [0.3, 0.4) is 0 Å². The maximum atomic E-state index is 5.72. The highest BCUT2D eigenvalue weighted by atomic mass is 79.9. The summed E-state index contributed by atoms with van der Waals surface area (Å²) in [6, 6.07) is 7.36. The number of rotatable bonds is 4. The minimum atomic E-state index is 0.444. The van der Waals surface area contributed by atoms with Gasteiger partial charge in [-0.05, 0) is 37.5 Å². The van der Waals surface area contributed by atoms with Crippen molar-refractivity contribution in [1.82, 2.24) is 5.32 Å². The molecule has 98 valence electrons. The third-order valence-corrected chi connectivity index (χ3v) is 4.37. The topological polar surface area (TPSA) is 21.3 Å². The first-order valence-corrected chi connectivity index (χ1v) is 7.70. The molecule has 0 aromatic heterocycles. The minimum Gasteiger partial charge on any atom is -0.493 e. The number of nitrogens with one attached hydrogen (secondary N) is 1. The molecule has 0 amide bonds. The highest BCUT2D eigenvalue weighted by Gasteiger charge is 2.27. The number of ether oxygens (including phenoxy) is 1. The Morgan fingerprint density at radius 2 is 2.22 bits per heavy atom. The van der Waals surface area contributed by atoms with E-state index in [1.807, 2.05) is 0 Å². The number of halogens is 1. The molecule has 18 heavy (non-hydrogen) atoms. The van der Waals surface area contributed by atoms with Crippen LogP contribution in [-0.2, 0) is 0 Å². The maximum absolute atomic E-state index is 5.72. The van der Waals surface area contributed by atoms with Crippen molar-refractivity contribution in [1.29, 1.82) is 0 Å². The molecular formula is C15H20BrNO. The van der Waals surface area contributed by atoms with Crippen LogP contribution in [0.2, 0.25) is 0 Å². The second kappa shape index (κ2) is 5.22. The van der Waals surface area contributed by atoms with E-state index < -0.39 is 0 Å². The van der Waals surface area contributed by atoms with Crippen molar-refractivity contribution >= 4 is 15.9 Å². The van der Waals surface area contributed by atoms with Crippen LogP contribution < -0.4 is 10.1 Å². The number of hydrogen-bond acceptors (Lipinski definition) is 2. The Labute approximate surface area is 117 Å². The molecule has 0 radical (unpaired) electrons. The van der Waals surface area contributed by atoms with Gasteiger partial charge < -0.3 is 10.1 Å². The fourth-order valence-electron chi connectivity index (χ4n) is 2.80. The van der Waals surface area contributed by atoms with Crippen molar-refractivity contribution in [2.45, 2.75) is 44.7 Å². The predicted octanol–water partition coefficient (Wildman–Crippen LogP) is 4.05. The monoisotopic (exact) mass is 309 g/mol. The highest BCUT2D eigenvalue weighted by Crippen LogP contribution is 2.36. The molecule has 1 aliphatic carbocycles. The Kier molecular flexibility index (Phi) is 3.62. The third-order valence-electron chi connectivity index (χ3n) is 3.88. The molecule has 0 saturated heterocycles. The van der Waals surface area contributed by atoms with Crippen LogP contribution >= 0.6 is 15.9 Å². The largest absolute Gasteiger partial charge is 0.493 e. The molecular weight excluding hydrogens is 290 g/mol. The fourth-order valence-corrected chi connectivity index (χ4v) is 3.18. The lowest BCUT2D eigenvalue weighted by Crippen LogP contribution is -2.34. The smallest absolute Gasteiger partial charge is 0.124 e. The zero-order valence-corrected chi connectivity index (χ0v) is 12.4. The SMILES string of the molecule is CC(CC1CC1)NC1CCOc2ccc(Br)cc21. The van der Waals surface area contributed by atoms with Gasteiger partial charge in [0.05, 0.1) is 6.61 Å². The predicted molar refractivity (Wildman–Crippen MR) is 76.9 cm³/mol. The van der Waals surface area contributed by atoms with Crippen LogP contribution in [0.25, 0.3) is 0 Å². The zero-order valence-electron chi connectivity index (χ0n) is 10.8. The summed E-state index contributed by atoms with van der Waals surface area (Å²) >= 11 is 3.55. The number of benzene rings is 1. The molecule has 0 spiro atoms. The van der Waals surface area contributed by atoms with E-state index in [0.29, 0.717) is 12.1 Å². The molecule has 2 aliphatic rings. The molecule has 2 unspecified atom stereocenters. The van der Waals surface area contributed by atoms with Crippen molar-refractivity contribution in [3.63, 3.8) is 0 Å². The maximum Gasteiger partial charge on any atom is 0.124 e. The molecule has 2 nitrogen and oxygen atoms in total. The van der Waals surface area contributed by atoms with Gasteiger partial charge >= 0.3 is 0 Å². The van der Waals surface area contributed by atoms with Gasteiger partial charge in [-0.25, -0.2) is 0 Å². The molecule has 3 rings (SSSR count). The molecule has 1 saturated carbocycles. The second-order valence-corrected chi connectivity index (χ2v) is 6.53. The molecule has 2 atom stereocenters. The molecule has 0 bridgehead atoms. The Morgan fingerprint density at radius 1 is 1.39 bits per heavy atom. The van der Waals surface area contributed by atoms with Gasteiger partial charge in [0.25, 0.3) is 0 Å². The lowest BCUT2D eigenvalue weighted by atomic mass is 9.99. The number of fused-ring (bicyclic) bond motifs is 1. The fraction of sp³-hybridized carbons (Fsp3) is 0.600. The molecule has 1 aromatic carbocycles. The average molecular weight is 310 g/mol. The zero-order chi connectivity index (χ0) is 12.5. The molecule has 1 aliphatic heterocycles. The van der Waals surface area contributed by atoms with Gasteiger partial charge in [0.2, 0.25) is 0 Å².